The van der Waals surface area contributed by atoms with Crippen LogP contribution < -0.4 is 0 Å². The quantitative estimate of drug-likeness (QED) is 0.547. The van der Waals surface area contributed by atoms with E-state index >= 15 is 0 Å². The first-order valence-electron chi connectivity index (χ1n) is 2.96. The van der Waals surface area contributed by atoms with Gasteiger partial charge in [-0.1, -0.05) is 25.3 Å². The van der Waals surface area contributed by atoms with Gasteiger partial charge in [0.2, 0.25) is 0 Å². The molecular weight excluding hydrogens is 153 g/mol. The monoisotopic (exact) mass is 162 g/mol. The Morgan fingerprint density at radius 3 is 1.73 bits per heavy atom. The molecule has 0 spiro atoms. The third-order valence-electron chi connectivity index (χ3n) is 1.24. The molecule has 0 aromatic carbocycles. The molecule has 0 aliphatic heterocycles. The molecule has 0 fully saturated rings. The summed E-state index contributed by atoms with van der Waals surface area (Å²) < 4.78 is 35.9. The summed E-state index contributed by atoms with van der Waals surface area (Å²) in [5.74, 6) is 0. The number of rotatable bonds is 2. The van der Waals surface area contributed by atoms with E-state index in [0.717, 1.165) is 12.2 Å². The highest BCUT2D eigenvalue weighted by atomic mass is 19.4. The van der Waals surface area contributed by atoms with Crippen LogP contribution in [0.1, 0.15) is 6.92 Å². The molecule has 0 aliphatic carbocycles. The minimum Gasteiger partial charge on any atom is -0.166 e. The highest BCUT2D eigenvalue weighted by Crippen LogP contribution is 2.28. The van der Waals surface area contributed by atoms with Gasteiger partial charge in [-0.2, -0.15) is 13.2 Å². The first-order valence-corrected chi connectivity index (χ1v) is 2.96. The summed E-state index contributed by atoms with van der Waals surface area (Å²) in [4.78, 5) is 0. The zero-order valence-electron chi connectivity index (χ0n) is 6.20. The minimum absolute atomic E-state index is 0.0903. The van der Waals surface area contributed by atoms with Crippen molar-refractivity contribution in [3.63, 3.8) is 0 Å². The van der Waals surface area contributed by atoms with Crippen molar-refractivity contribution in [2.24, 2.45) is 0 Å². The maximum absolute atomic E-state index is 12.0. The van der Waals surface area contributed by atoms with Crippen LogP contribution in [0, 0.1) is 0 Å². The van der Waals surface area contributed by atoms with Crippen LogP contribution in [0.2, 0.25) is 0 Å². The second-order valence-corrected chi connectivity index (χ2v) is 2.00. The van der Waals surface area contributed by atoms with Crippen molar-refractivity contribution in [2.45, 2.75) is 13.1 Å². The van der Waals surface area contributed by atoms with Gasteiger partial charge in [0.1, 0.15) is 0 Å². The van der Waals surface area contributed by atoms with E-state index in [4.69, 9.17) is 0 Å². The zero-order chi connectivity index (χ0) is 9.07. The Balaban J connectivity index is 4.95. The van der Waals surface area contributed by atoms with Gasteiger partial charge in [0.15, 0.2) is 0 Å². The Bertz CT molecular complexity index is 196. The van der Waals surface area contributed by atoms with Crippen molar-refractivity contribution in [1.29, 1.82) is 0 Å². The number of hydrogen-bond acceptors (Lipinski definition) is 0. The van der Waals surface area contributed by atoms with Gasteiger partial charge in [-0.05, 0) is 12.5 Å². The van der Waals surface area contributed by atoms with E-state index in [0.29, 0.717) is 0 Å². The fraction of sp³-hybridized carbons (Fsp3) is 0.250. The summed E-state index contributed by atoms with van der Waals surface area (Å²) in [6, 6.07) is 0. The van der Waals surface area contributed by atoms with Gasteiger partial charge in [-0.3, -0.25) is 0 Å². The van der Waals surface area contributed by atoms with E-state index in [1.807, 2.05) is 0 Å². The molecule has 0 aromatic rings. The highest BCUT2D eigenvalue weighted by Gasteiger charge is 2.32. The third-order valence-corrected chi connectivity index (χ3v) is 1.24. The number of hydrogen-bond donors (Lipinski definition) is 0. The van der Waals surface area contributed by atoms with Crippen LogP contribution in [0.3, 0.4) is 0 Å². The second-order valence-electron chi connectivity index (χ2n) is 2.00. The van der Waals surface area contributed by atoms with Crippen LogP contribution in [-0.4, -0.2) is 6.18 Å². The van der Waals surface area contributed by atoms with Gasteiger partial charge in [-0.15, -0.1) is 0 Å². The lowest BCUT2D eigenvalue weighted by Crippen LogP contribution is -2.11. The van der Waals surface area contributed by atoms with Crippen molar-refractivity contribution in [3.05, 3.63) is 36.5 Å². The average molecular weight is 162 g/mol. The van der Waals surface area contributed by atoms with E-state index in [2.05, 4.69) is 13.2 Å². The second kappa shape index (κ2) is 3.42. The van der Waals surface area contributed by atoms with Crippen molar-refractivity contribution in [2.75, 3.05) is 0 Å². The molecule has 62 valence electrons. The van der Waals surface area contributed by atoms with Crippen LogP contribution in [0.25, 0.3) is 0 Å². The predicted octanol–water partition coefficient (Wildman–Crippen LogP) is 3.24. The van der Waals surface area contributed by atoms with E-state index in [1.165, 1.54) is 6.92 Å². The van der Waals surface area contributed by atoms with Crippen LogP contribution in [0.15, 0.2) is 36.5 Å². The van der Waals surface area contributed by atoms with Gasteiger partial charge in [-0.25, -0.2) is 0 Å². The van der Waals surface area contributed by atoms with Crippen LogP contribution in [0.5, 0.6) is 0 Å². The Kier molecular flexibility index (Phi) is 3.11. The fourth-order valence-corrected chi connectivity index (χ4v) is 0.610. The zero-order valence-corrected chi connectivity index (χ0v) is 6.20. The number of alkyl halides is 3. The fourth-order valence-electron chi connectivity index (χ4n) is 0.610. The minimum atomic E-state index is -4.32. The van der Waals surface area contributed by atoms with Gasteiger partial charge < -0.3 is 0 Å². The van der Waals surface area contributed by atoms with Crippen LogP contribution >= 0.6 is 0 Å². The van der Waals surface area contributed by atoms with E-state index in [1.54, 1.807) is 0 Å². The molecule has 3 heteroatoms. The highest BCUT2D eigenvalue weighted by molar-refractivity contribution is 5.33. The van der Waals surface area contributed by atoms with Gasteiger partial charge in [0.05, 0.1) is 5.57 Å². The Morgan fingerprint density at radius 2 is 1.64 bits per heavy atom. The Hall–Kier alpha value is -0.990. The molecule has 0 saturated carbocycles. The summed E-state index contributed by atoms with van der Waals surface area (Å²) in [5.41, 5.74) is -0.639. The Morgan fingerprint density at radius 1 is 1.18 bits per heavy atom. The molecule has 0 heterocycles. The van der Waals surface area contributed by atoms with Crippen molar-refractivity contribution in [3.8, 4) is 0 Å². The molecule has 0 rings (SSSR count). The van der Waals surface area contributed by atoms with Crippen molar-refractivity contribution in [1.82, 2.24) is 0 Å². The smallest absolute Gasteiger partial charge is 0.166 e. The molecule has 0 aliphatic rings. The number of allylic oxidation sites excluding steroid dienone is 4. The maximum Gasteiger partial charge on any atom is 0.416 e. The standard InChI is InChI=1S/C8H9F3/c1-4-6(3)7(5-2)8(9,10)11/h4-5H,1-2H2,3H3/b7-6+. The lowest BCUT2D eigenvalue weighted by atomic mass is 10.1. The summed E-state index contributed by atoms with van der Waals surface area (Å²) >= 11 is 0. The number of halogens is 3. The largest absolute Gasteiger partial charge is 0.416 e. The normalized spacial score (nSPS) is 13.8. The summed E-state index contributed by atoms with van der Waals surface area (Å²) in [6.45, 7) is 7.65. The predicted molar refractivity (Wildman–Crippen MR) is 39.1 cm³/mol. The molecule has 0 saturated heterocycles. The van der Waals surface area contributed by atoms with Crippen molar-refractivity contribution < 1.29 is 13.2 Å². The lowest BCUT2D eigenvalue weighted by molar-refractivity contribution is -0.0887. The lowest BCUT2D eigenvalue weighted by Gasteiger charge is -2.08. The summed E-state index contributed by atoms with van der Waals surface area (Å²) in [7, 11) is 0. The van der Waals surface area contributed by atoms with Gasteiger partial charge in [0, 0.05) is 0 Å². The molecule has 0 amide bonds. The molecule has 0 nitrogen and oxygen atoms in total. The molecule has 0 unspecified atom stereocenters. The molecule has 0 atom stereocenters. The molecule has 0 radical (unpaired) electrons. The molecule has 0 aromatic heterocycles. The van der Waals surface area contributed by atoms with Crippen molar-refractivity contribution >= 4 is 0 Å². The summed E-state index contributed by atoms with van der Waals surface area (Å²) in [6.07, 6.45) is -2.37. The third kappa shape index (κ3) is 2.62. The molecule has 11 heavy (non-hydrogen) atoms. The summed E-state index contributed by atoms with van der Waals surface area (Å²) in [5, 5.41) is 0. The van der Waals surface area contributed by atoms with Crippen LogP contribution in [0.4, 0.5) is 13.2 Å². The van der Waals surface area contributed by atoms with E-state index in [9.17, 15) is 13.2 Å². The molecular formula is C8H9F3. The van der Waals surface area contributed by atoms with Gasteiger partial charge in [0.25, 0.3) is 0 Å². The molecule has 0 bridgehead atoms. The first-order chi connectivity index (χ1) is 4.93. The first kappa shape index (κ1) is 10.0. The molecule has 0 N–H and O–H groups in total. The van der Waals surface area contributed by atoms with E-state index in [-0.39, 0.29) is 5.57 Å². The van der Waals surface area contributed by atoms with Gasteiger partial charge >= 0.3 is 6.18 Å². The average Bonchev–Trinajstić information content (AvgIpc) is 1.86. The topological polar surface area (TPSA) is 0 Å². The maximum atomic E-state index is 12.0. The van der Waals surface area contributed by atoms with Crippen LogP contribution in [-0.2, 0) is 0 Å². The Labute approximate surface area is 63.7 Å². The van der Waals surface area contributed by atoms with E-state index < -0.39 is 11.7 Å². The SMILES string of the molecule is C=C/C(C)=C(\C=C)C(F)(F)F.